The first-order valence-electron chi connectivity index (χ1n) is 8.90. The van der Waals surface area contributed by atoms with Gasteiger partial charge in [-0.2, -0.15) is 0 Å². The number of hydrogen-bond acceptors (Lipinski definition) is 6. The van der Waals surface area contributed by atoms with Gasteiger partial charge in [-0.1, -0.05) is 6.07 Å². The third-order valence-electron chi connectivity index (χ3n) is 4.32. The van der Waals surface area contributed by atoms with Crippen LogP contribution in [-0.4, -0.2) is 41.0 Å². The predicted molar refractivity (Wildman–Crippen MR) is 102 cm³/mol. The largest absolute Gasteiger partial charge is 0.503 e. The van der Waals surface area contributed by atoms with Crippen molar-refractivity contribution in [2.24, 2.45) is 0 Å². The van der Waals surface area contributed by atoms with E-state index in [1.54, 1.807) is 36.6 Å². The van der Waals surface area contributed by atoms with Gasteiger partial charge >= 0.3 is 0 Å². The molecule has 2 aromatic rings. The van der Waals surface area contributed by atoms with Gasteiger partial charge in [-0.05, 0) is 50.8 Å². The molecule has 0 fully saturated rings. The quantitative estimate of drug-likeness (QED) is 0.544. The maximum absolute atomic E-state index is 13.0. The summed E-state index contributed by atoms with van der Waals surface area (Å²) >= 11 is 1.27. The Hall–Kier alpha value is -2.38. The molecule has 1 unspecified atom stereocenters. The van der Waals surface area contributed by atoms with E-state index in [0.717, 1.165) is 0 Å². The first kappa shape index (κ1) is 19.4. The first-order chi connectivity index (χ1) is 12.9. The van der Waals surface area contributed by atoms with Crippen molar-refractivity contribution in [1.82, 2.24) is 4.90 Å². The van der Waals surface area contributed by atoms with Crippen LogP contribution in [0, 0.1) is 6.92 Å². The molecular weight excluding hydrogens is 366 g/mol. The number of rotatable bonds is 8. The molecule has 0 bridgehead atoms. The lowest BCUT2D eigenvalue weighted by atomic mass is 10.00. The number of carbonyl (C=O) groups excluding carboxylic acids is 2. The number of carbonyl (C=O) groups is 2. The van der Waals surface area contributed by atoms with E-state index in [2.05, 4.69) is 0 Å². The molecule has 7 heteroatoms. The molecule has 6 nitrogen and oxygen atoms in total. The van der Waals surface area contributed by atoms with Crippen molar-refractivity contribution in [2.45, 2.75) is 39.3 Å². The van der Waals surface area contributed by atoms with Crippen LogP contribution in [0.3, 0.4) is 0 Å². The molecule has 0 radical (unpaired) electrons. The Morgan fingerprint density at radius 1 is 1.37 bits per heavy atom. The van der Waals surface area contributed by atoms with Gasteiger partial charge in [0.2, 0.25) is 5.78 Å². The van der Waals surface area contributed by atoms with E-state index >= 15 is 0 Å². The van der Waals surface area contributed by atoms with E-state index in [9.17, 15) is 14.7 Å². The topological polar surface area (TPSA) is 80.0 Å². The summed E-state index contributed by atoms with van der Waals surface area (Å²) in [4.78, 5) is 27.6. The molecule has 0 aromatic carbocycles. The van der Waals surface area contributed by atoms with Gasteiger partial charge in [-0.15, -0.1) is 11.3 Å². The van der Waals surface area contributed by atoms with Crippen LogP contribution in [0.2, 0.25) is 0 Å². The maximum Gasteiger partial charge on any atom is 0.290 e. The molecule has 1 aliphatic rings. The fraction of sp³-hybridized carbons (Fsp3) is 0.400. The van der Waals surface area contributed by atoms with Gasteiger partial charge in [-0.25, -0.2) is 0 Å². The van der Waals surface area contributed by atoms with E-state index in [1.165, 1.54) is 16.2 Å². The molecule has 144 valence electrons. The molecule has 0 spiro atoms. The molecule has 0 saturated carbocycles. The SMILES string of the molecule is Cc1ccc(C2C(C(=O)c3cccs3)=C(O)C(=O)N2CCCOC(C)C)o1. The third-order valence-corrected chi connectivity index (χ3v) is 5.19. The van der Waals surface area contributed by atoms with Gasteiger partial charge in [0.25, 0.3) is 5.91 Å². The highest BCUT2D eigenvalue weighted by Gasteiger charge is 2.45. The summed E-state index contributed by atoms with van der Waals surface area (Å²) in [5, 5.41) is 12.3. The fourth-order valence-electron chi connectivity index (χ4n) is 3.11. The van der Waals surface area contributed by atoms with Crippen molar-refractivity contribution in [3.8, 4) is 0 Å². The van der Waals surface area contributed by atoms with Crippen molar-refractivity contribution in [3.05, 3.63) is 57.4 Å². The van der Waals surface area contributed by atoms with Crippen LogP contribution in [0.1, 0.15) is 47.5 Å². The standard InChI is InChI=1S/C20H23NO5S/c1-12(2)25-10-5-9-21-17(14-8-7-13(3)26-14)16(19(23)20(21)24)18(22)15-6-4-11-27-15/h4,6-8,11-12,17,23H,5,9-10H2,1-3H3. The lowest BCUT2D eigenvalue weighted by Gasteiger charge is -2.25. The monoisotopic (exact) mass is 389 g/mol. The highest BCUT2D eigenvalue weighted by atomic mass is 32.1. The minimum Gasteiger partial charge on any atom is -0.503 e. The number of nitrogens with zero attached hydrogens (tertiary/aromatic N) is 1. The van der Waals surface area contributed by atoms with Crippen molar-refractivity contribution >= 4 is 23.0 Å². The molecule has 3 heterocycles. The molecule has 3 rings (SSSR count). The van der Waals surface area contributed by atoms with Crippen LogP contribution in [-0.2, 0) is 9.53 Å². The van der Waals surface area contributed by atoms with E-state index in [0.29, 0.717) is 36.0 Å². The van der Waals surface area contributed by atoms with Gasteiger partial charge in [0, 0.05) is 13.2 Å². The van der Waals surface area contributed by atoms with Gasteiger partial charge in [-0.3, -0.25) is 9.59 Å². The molecule has 0 aliphatic carbocycles. The smallest absolute Gasteiger partial charge is 0.290 e. The Morgan fingerprint density at radius 2 is 2.15 bits per heavy atom. The van der Waals surface area contributed by atoms with Crippen LogP contribution >= 0.6 is 11.3 Å². The molecule has 1 aliphatic heterocycles. The number of amides is 1. The summed E-state index contributed by atoms with van der Waals surface area (Å²) in [6, 6.07) is 6.23. The Balaban J connectivity index is 1.90. The summed E-state index contributed by atoms with van der Waals surface area (Å²) in [6.45, 7) is 6.52. The number of hydrogen-bond donors (Lipinski definition) is 1. The number of aliphatic hydroxyl groups excluding tert-OH is 1. The summed E-state index contributed by atoms with van der Waals surface area (Å²) in [5.74, 6) is -0.268. The first-order valence-corrected chi connectivity index (χ1v) is 9.78. The normalized spacial score (nSPS) is 17.4. The van der Waals surface area contributed by atoms with Crippen LogP contribution in [0.15, 0.2) is 45.4 Å². The molecule has 0 saturated heterocycles. The van der Waals surface area contributed by atoms with Gasteiger partial charge in [0.1, 0.15) is 17.6 Å². The van der Waals surface area contributed by atoms with E-state index in [-0.39, 0.29) is 17.5 Å². The number of ketones is 1. The zero-order chi connectivity index (χ0) is 19.6. The molecule has 1 amide bonds. The summed E-state index contributed by atoms with van der Waals surface area (Å²) < 4.78 is 11.3. The average Bonchev–Trinajstić information content (AvgIpc) is 3.34. The average molecular weight is 389 g/mol. The van der Waals surface area contributed by atoms with Crippen molar-refractivity contribution in [2.75, 3.05) is 13.2 Å². The molecule has 27 heavy (non-hydrogen) atoms. The number of aryl methyl sites for hydroxylation is 1. The minimum absolute atomic E-state index is 0.0709. The third kappa shape index (κ3) is 3.99. The van der Waals surface area contributed by atoms with Crippen LogP contribution in [0.25, 0.3) is 0 Å². The van der Waals surface area contributed by atoms with E-state index in [1.807, 2.05) is 13.8 Å². The van der Waals surface area contributed by atoms with Crippen LogP contribution in [0.4, 0.5) is 0 Å². The highest BCUT2D eigenvalue weighted by Crippen LogP contribution is 2.40. The predicted octanol–water partition coefficient (Wildman–Crippen LogP) is 4.04. The highest BCUT2D eigenvalue weighted by molar-refractivity contribution is 7.12. The number of aliphatic hydroxyl groups is 1. The van der Waals surface area contributed by atoms with Gasteiger partial charge in [0.15, 0.2) is 5.76 Å². The van der Waals surface area contributed by atoms with Crippen molar-refractivity contribution in [1.29, 1.82) is 0 Å². The second kappa shape index (κ2) is 8.10. The fourth-order valence-corrected chi connectivity index (χ4v) is 3.78. The van der Waals surface area contributed by atoms with E-state index < -0.39 is 17.7 Å². The zero-order valence-corrected chi connectivity index (χ0v) is 16.4. The molecule has 2 aromatic heterocycles. The zero-order valence-electron chi connectivity index (χ0n) is 15.6. The Labute approximate surface area is 162 Å². The van der Waals surface area contributed by atoms with Crippen LogP contribution in [0.5, 0.6) is 0 Å². The van der Waals surface area contributed by atoms with E-state index in [4.69, 9.17) is 9.15 Å². The molecule has 1 atom stereocenters. The van der Waals surface area contributed by atoms with Gasteiger partial charge < -0.3 is 19.2 Å². The maximum atomic E-state index is 13.0. The second-order valence-corrected chi connectivity index (χ2v) is 7.64. The van der Waals surface area contributed by atoms with Crippen LogP contribution < -0.4 is 0 Å². The van der Waals surface area contributed by atoms with Crippen molar-refractivity contribution in [3.63, 3.8) is 0 Å². The van der Waals surface area contributed by atoms with Crippen molar-refractivity contribution < 1.29 is 23.8 Å². The second-order valence-electron chi connectivity index (χ2n) is 6.69. The summed E-state index contributed by atoms with van der Waals surface area (Å²) in [5.41, 5.74) is 0.0709. The summed E-state index contributed by atoms with van der Waals surface area (Å²) in [6.07, 6.45) is 0.693. The number of ether oxygens (including phenoxy) is 1. The lowest BCUT2D eigenvalue weighted by molar-refractivity contribution is -0.129. The lowest BCUT2D eigenvalue weighted by Crippen LogP contribution is -2.32. The summed E-state index contributed by atoms with van der Waals surface area (Å²) in [7, 11) is 0. The Bertz CT molecular complexity index is 850. The molecular formula is C20H23NO5S. The van der Waals surface area contributed by atoms with Gasteiger partial charge in [0.05, 0.1) is 16.6 Å². The number of thiophene rings is 1. The number of Topliss-reactive ketones (excluding diaryl/α,β-unsaturated/α-hetero) is 1. The molecule has 1 N–H and O–H groups in total. The Morgan fingerprint density at radius 3 is 2.74 bits per heavy atom. The minimum atomic E-state index is -0.736. The Kier molecular flexibility index (Phi) is 5.82. The number of furan rings is 1.